The Morgan fingerprint density at radius 2 is 1.50 bits per heavy atom. The van der Waals surface area contributed by atoms with E-state index >= 15 is 0 Å². The van der Waals surface area contributed by atoms with Gasteiger partial charge in [0.25, 0.3) is 10.0 Å². The molecular weight excluding hydrogens is 496 g/mol. The van der Waals surface area contributed by atoms with Gasteiger partial charge in [0.05, 0.1) is 10.6 Å². The first-order valence-electron chi connectivity index (χ1n) is 11.2. The molecule has 0 heterocycles. The molecule has 0 saturated carbocycles. The lowest BCUT2D eigenvalue weighted by Crippen LogP contribution is -2.38. The third-order valence-corrected chi connectivity index (χ3v) is 7.65. The van der Waals surface area contributed by atoms with Crippen LogP contribution in [-0.4, -0.2) is 20.9 Å². The van der Waals surface area contributed by atoms with Gasteiger partial charge in [0.15, 0.2) is 0 Å². The molecule has 6 nitrogen and oxygen atoms in total. The largest absolute Gasteiger partial charge is 0.457 e. The lowest BCUT2D eigenvalue weighted by molar-refractivity contribution is -0.114. The molecule has 0 radical (unpaired) electrons. The summed E-state index contributed by atoms with van der Waals surface area (Å²) in [6, 6.07) is 27.4. The minimum Gasteiger partial charge on any atom is -0.457 e. The van der Waals surface area contributed by atoms with Gasteiger partial charge in [0.2, 0.25) is 5.91 Å². The minimum atomic E-state index is -4.04. The van der Waals surface area contributed by atoms with Crippen molar-refractivity contribution in [2.75, 3.05) is 16.2 Å². The van der Waals surface area contributed by atoms with Crippen LogP contribution in [0.3, 0.4) is 0 Å². The summed E-state index contributed by atoms with van der Waals surface area (Å²) < 4.78 is 34.1. The molecule has 36 heavy (non-hydrogen) atoms. The zero-order valence-electron chi connectivity index (χ0n) is 19.8. The van der Waals surface area contributed by atoms with Crippen molar-refractivity contribution in [2.45, 2.75) is 18.7 Å². The molecular formula is C28H25ClN2O4S. The number of halogens is 1. The molecule has 4 aromatic carbocycles. The molecule has 0 bridgehead atoms. The van der Waals surface area contributed by atoms with Crippen LogP contribution in [0.15, 0.2) is 102 Å². The molecule has 0 unspecified atom stereocenters. The highest BCUT2D eigenvalue weighted by Crippen LogP contribution is 2.28. The summed E-state index contributed by atoms with van der Waals surface area (Å²) >= 11 is 6.17. The maximum Gasteiger partial charge on any atom is 0.264 e. The number of hydrogen-bond acceptors (Lipinski definition) is 4. The van der Waals surface area contributed by atoms with Crippen molar-refractivity contribution >= 4 is 38.9 Å². The second kappa shape index (κ2) is 10.8. The van der Waals surface area contributed by atoms with Crippen molar-refractivity contribution in [3.63, 3.8) is 0 Å². The summed E-state index contributed by atoms with van der Waals surface area (Å²) in [5.74, 6) is 0.692. The number of ether oxygens (including phenoxy) is 1. The SMILES string of the molecule is Cc1ccc(S(=O)(=O)N(CC(=O)Nc2ccc(C)c(Cl)c2)c2ccc(Oc3ccccc3)cc2)cc1. The minimum absolute atomic E-state index is 0.0869. The van der Waals surface area contributed by atoms with Crippen molar-refractivity contribution in [2.24, 2.45) is 0 Å². The van der Waals surface area contributed by atoms with E-state index in [9.17, 15) is 13.2 Å². The molecule has 8 heteroatoms. The Morgan fingerprint density at radius 1 is 0.861 bits per heavy atom. The average molecular weight is 521 g/mol. The van der Waals surface area contributed by atoms with Gasteiger partial charge in [-0.1, -0.05) is 53.6 Å². The van der Waals surface area contributed by atoms with Crippen LogP contribution in [0.1, 0.15) is 11.1 Å². The quantitative estimate of drug-likeness (QED) is 0.284. The van der Waals surface area contributed by atoms with E-state index in [1.165, 1.54) is 12.1 Å². The summed E-state index contributed by atoms with van der Waals surface area (Å²) in [5, 5.41) is 3.24. The predicted molar refractivity (Wildman–Crippen MR) is 143 cm³/mol. The number of amides is 1. The van der Waals surface area contributed by atoms with Gasteiger partial charge in [0.1, 0.15) is 18.0 Å². The molecule has 184 valence electrons. The summed E-state index contributed by atoms with van der Waals surface area (Å²) in [6.07, 6.45) is 0. The number of anilines is 2. The Hall–Kier alpha value is -3.81. The highest BCUT2D eigenvalue weighted by Gasteiger charge is 2.27. The number of aryl methyl sites for hydroxylation is 2. The van der Waals surface area contributed by atoms with Gasteiger partial charge in [0, 0.05) is 10.7 Å². The van der Waals surface area contributed by atoms with E-state index in [-0.39, 0.29) is 4.90 Å². The normalized spacial score (nSPS) is 11.1. The van der Waals surface area contributed by atoms with Crippen molar-refractivity contribution in [3.05, 3.63) is 113 Å². The van der Waals surface area contributed by atoms with Crippen LogP contribution in [0.4, 0.5) is 11.4 Å². The van der Waals surface area contributed by atoms with Crippen molar-refractivity contribution in [1.82, 2.24) is 0 Å². The highest BCUT2D eigenvalue weighted by molar-refractivity contribution is 7.92. The fourth-order valence-electron chi connectivity index (χ4n) is 3.46. The van der Waals surface area contributed by atoms with Crippen LogP contribution < -0.4 is 14.4 Å². The maximum atomic E-state index is 13.6. The molecule has 4 rings (SSSR count). The number of nitrogens with one attached hydrogen (secondary N) is 1. The summed E-state index contributed by atoms with van der Waals surface area (Å²) in [6.45, 7) is 3.30. The van der Waals surface area contributed by atoms with E-state index in [0.29, 0.717) is 27.9 Å². The van der Waals surface area contributed by atoms with Gasteiger partial charge < -0.3 is 10.1 Å². The Balaban J connectivity index is 1.62. The number of carbonyl (C=O) groups excluding carboxylic acids is 1. The Morgan fingerprint density at radius 3 is 2.14 bits per heavy atom. The van der Waals surface area contributed by atoms with Gasteiger partial charge in [-0.05, 0) is 80.1 Å². The van der Waals surface area contributed by atoms with E-state index in [2.05, 4.69) is 5.32 Å². The van der Waals surface area contributed by atoms with Gasteiger partial charge >= 0.3 is 0 Å². The first-order valence-corrected chi connectivity index (χ1v) is 13.0. The van der Waals surface area contributed by atoms with Gasteiger partial charge in [-0.2, -0.15) is 0 Å². The predicted octanol–water partition coefficient (Wildman–Crippen LogP) is 6.58. The second-order valence-electron chi connectivity index (χ2n) is 8.25. The van der Waals surface area contributed by atoms with Crippen LogP contribution in [0, 0.1) is 13.8 Å². The third kappa shape index (κ3) is 6.05. The van der Waals surface area contributed by atoms with E-state index in [0.717, 1.165) is 15.4 Å². The third-order valence-electron chi connectivity index (χ3n) is 5.46. The molecule has 1 N–H and O–H groups in total. The molecule has 0 spiro atoms. The summed E-state index contributed by atoms with van der Waals surface area (Å²) in [5.41, 5.74) is 2.61. The Labute approximate surface area is 216 Å². The lowest BCUT2D eigenvalue weighted by Gasteiger charge is -2.24. The second-order valence-corrected chi connectivity index (χ2v) is 10.5. The number of para-hydroxylation sites is 1. The van der Waals surface area contributed by atoms with Crippen LogP contribution in [-0.2, 0) is 14.8 Å². The number of sulfonamides is 1. The van der Waals surface area contributed by atoms with E-state index < -0.39 is 22.5 Å². The summed E-state index contributed by atoms with van der Waals surface area (Å²) in [7, 11) is -4.04. The molecule has 1 amide bonds. The lowest BCUT2D eigenvalue weighted by atomic mass is 10.2. The Bertz CT molecular complexity index is 1460. The molecule has 0 aliphatic rings. The van der Waals surface area contributed by atoms with Crippen LogP contribution in [0.25, 0.3) is 0 Å². The van der Waals surface area contributed by atoms with Gasteiger partial charge in [-0.25, -0.2) is 8.42 Å². The Kier molecular flexibility index (Phi) is 7.62. The molecule has 0 aliphatic heterocycles. The topological polar surface area (TPSA) is 75.7 Å². The first kappa shape index (κ1) is 25.3. The van der Waals surface area contributed by atoms with E-state index in [1.807, 2.05) is 44.2 Å². The van der Waals surface area contributed by atoms with E-state index in [1.54, 1.807) is 54.6 Å². The standard InChI is InChI=1S/C28H25ClN2O4S/c1-20-8-16-26(17-9-20)36(33,34)31(19-28(32)30-22-11-10-21(2)27(29)18-22)23-12-14-25(15-13-23)35-24-6-4-3-5-7-24/h3-18H,19H2,1-2H3,(H,30,32). The maximum absolute atomic E-state index is 13.6. The first-order chi connectivity index (χ1) is 17.2. The number of benzene rings is 4. The van der Waals surface area contributed by atoms with Crippen molar-refractivity contribution in [3.8, 4) is 11.5 Å². The molecule has 0 saturated heterocycles. The summed E-state index contributed by atoms with van der Waals surface area (Å²) in [4.78, 5) is 13.0. The van der Waals surface area contributed by atoms with E-state index in [4.69, 9.17) is 16.3 Å². The zero-order valence-corrected chi connectivity index (χ0v) is 21.4. The average Bonchev–Trinajstić information content (AvgIpc) is 2.86. The van der Waals surface area contributed by atoms with Crippen LogP contribution in [0.5, 0.6) is 11.5 Å². The fraction of sp³-hybridized carbons (Fsp3) is 0.107. The molecule has 0 aromatic heterocycles. The number of hydrogen-bond donors (Lipinski definition) is 1. The smallest absolute Gasteiger partial charge is 0.264 e. The fourth-order valence-corrected chi connectivity index (χ4v) is 5.06. The van der Waals surface area contributed by atoms with Crippen molar-refractivity contribution in [1.29, 1.82) is 0 Å². The molecule has 0 aliphatic carbocycles. The highest BCUT2D eigenvalue weighted by atomic mass is 35.5. The zero-order chi connectivity index (χ0) is 25.7. The molecule has 0 atom stereocenters. The molecule has 0 fully saturated rings. The molecule has 4 aromatic rings. The number of rotatable bonds is 8. The van der Waals surface area contributed by atoms with Gasteiger partial charge in [-0.3, -0.25) is 9.10 Å². The number of nitrogens with zero attached hydrogens (tertiary/aromatic N) is 1. The number of carbonyl (C=O) groups is 1. The van der Waals surface area contributed by atoms with Crippen molar-refractivity contribution < 1.29 is 17.9 Å². The van der Waals surface area contributed by atoms with Crippen LogP contribution >= 0.6 is 11.6 Å². The van der Waals surface area contributed by atoms with Gasteiger partial charge in [-0.15, -0.1) is 0 Å². The monoisotopic (exact) mass is 520 g/mol. The van der Waals surface area contributed by atoms with Crippen LogP contribution in [0.2, 0.25) is 5.02 Å².